The Kier molecular flexibility index (Phi) is 10.0. The standard InChI is InChI=1S/C31H36O11/c1-37-23-12-18(7-8-22(23)35)28(36)27(16-34)41-31-25(39-3)13-19(14-26(31)40-4)29-21(15-33)20-10-17(6-5-9-32)11-24(38-2)30(20)42-29/h5-8,10-14,21,27-29,32-36H,9,15-16H2,1-4H3/b6-5+/t21-,27+,28-,29+/m0/s1. The van der Waals surface area contributed by atoms with Crippen LogP contribution in [0.3, 0.4) is 0 Å². The Morgan fingerprint density at radius 1 is 0.857 bits per heavy atom. The predicted octanol–water partition coefficient (Wildman–Crippen LogP) is 3.12. The lowest BCUT2D eigenvalue weighted by molar-refractivity contribution is -0.00180. The van der Waals surface area contributed by atoms with Crippen molar-refractivity contribution in [1.82, 2.24) is 0 Å². The van der Waals surface area contributed by atoms with Crippen molar-refractivity contribution < 1.29 is 54.0 Å². The third-order valence-electron chi connectivity index (χ3n) is 7.11. The molecule has 0 unspecified atom stereocenters. The van der Waals surface area contributed by atoms with Crippen LogP contribution in [0.4, 0.5) is 0 Å². The molecule has 1 heterocycles. The largest absolute Gasteiger partial charge is 0.504 e. The molecule has 5 N–H and O–H groups in total. The predicted molar refractivity (Wildman–Crippen MR) is 153 cm³/mol. The van der Waals surface area contributed by atoms with Crippen LogP contribution in [0.25, 0.3) is 6.08 Å². The number of hydrogen-bond acceptors (Lipinski definition) is 11. The van der Waals surface area contributed by atoms with E-state index in [0.29, 0.717) is 22.6 Å². The van der Waals surface area contributed by atoms with Gasteiger partial charge in [0.2, 0.25) is 5.75 Å². The van der Waals surface area contributed by atoms with Crippen LogP contribution in [0.5, 0.6) is 40.2 Å². The van der Waals surface area contributed by atoms with E-state index >= 15 is 0 Å². The normalized spacial score (nSPS) is 17.3. The Labute approximate surface area is 243 Å². The van der Waals surface area contributed by atoms with Crippen LogP contribution in [0.1, 0.15) is 40.4 Å². The van der Waals surface area contributed by atoms with E-state index in [1.165, 1.54) is 46.6 Å². The lowest BCUT2D eigenvalue weighted by atomic mass is 9.90. The molecular weight excluding hydrogens is 548 g/mol. The number of methoxy groups -OCH3 is 4. The summed E-state index contributed by atoms with van der Waals surface area (Å²) in [6.45, 7) is -0.905. The second kappa shape index (κ2) is 13.7. The van der Waals surface area contributed by atoms with Gasteiger partial charge >= 0.3 is 0 Å². The maximum Gasteiger partial charge on any atom is 0.204 e. The highest BCUT2D eigenvalue weighted by Gasteiger charge is 2.39. The molecule has 1 aliphatic heterocycles. The van der Waals surface area contributed by atoms with Crippen molar-refractivity contribution in [3.8, 4) is 40.2 Å². The summed E-state index contributed by atoms with van der Waals surface area (Å²) in [7, 11) is 5.80. The van der Waals surface area contributed by atoms with Gasteiger partial charge in [-0.2, -0.15) is 0 Å². The van der Waals surface area contributed by atoms with Crippen LogP contribution in [0, 0.1) is 0 Å². The van der Waals surface area contributed by atoms with E-state index < -0.39 is 30.8 Å². The number of aliphatic hydroxyl groups excluding tert-OH is 4. The second-order valence-electron chi connectivity index (χ2n) is 9.52. The van der Waals surface area contributed by atoms with Gasteiger partial charge in [-0.25, -0.2) is 0 Å². The molecule has 0 radical (unpaired) electrons. The van der Waals surface area contributed by atoms with Gasteiger partial charge in [0.15, 0.2) is 40.6 Å². The summed E-state index contributed by atoms with van der Waals surface area (Å²) in [5.74, 6) is 1.20. The summed E-state index contributed by atoms with van der Waals surface area (Å²) in [5.41, 5.74) is 2.49. The average molecular weight is 585 g/mol. The topological polar surface area (TPSA) is 157 Å². The molecule has 4 atom stereocenters. The first-order chi connectivity index (χ1) is 20.3. The molecule has 42 heavy (non-hydrogen) atoms. The van der Waals surface area contributed by atoms with Crippen LogP contribution >= 0.6 is 0 Å². The van der Waals surface area contributed by atoms with E-state index in [-0.39, 0.29) is 42.0 Å². The van der Waals surface area contributed by atoms with Crippen molar-refractivity contribution in [2.45, 2.75) is 24.2 Å². The van der Waals surface area contributed by atoms with Gasteiger partial charge in [-0.05, 0) is 47.5 Å². The molecule has 3 aromatic rings. The van der Waals surface area contributed by atoms with E-state index in [1.54, 1.807) is 30.4 Å². The van der Waals surface area contributed by atoms with Crippen molar-refractivity contribution >= 4 is 6.08 Å². The first-order valence-corrected chi connectivity index (χ1v) is 13.2. The fourth-order valence-electron chi connectivity index (χ4n) is 4.98. The van der Waals surface area contributed by atoms with Crippen LogP contribution in [0.2, 0.25) is 0 Å². The van der Waals surface area contributed by atoms with Gasteiger partial charge in [0.05, 0.1) is 54.2 Å². The van der Waals surface area contributed by atoms with Gasteiger partial charge < -0.3 is 54.0 Å². The summed E-state index contributed by atoms with van der Waals surface area (Å²) < 4.78 is 34.3. The van der Waals surface area contributed by atoms with Gasteiger partial charge in [0, 0.05) is 11.1 Å². The Bertz CT molecular complexity index is 1380. The van der Waals surface area contributed by atoms with Crippen LogP contribution in [-0.4, -0.2) is 79.9 Å². The Hall–Kier alpha value is -4.16. The number of rotatable bonds is 13. The van der Waals surface area contributed by atoms with Gasteiger partial charge in [-0.3, -0.25) is 0 Å². The van der Waals surface area contributed by atoms with Crippen molar-refractivity contribution in [3.63, 3.8) is 0 Å². The Morgan fingerprint density at radius 3 is 2.10 bits per heavy atom. The van der Waals surface area contributed by atoms with E-state index in [9.17, 15) is 25.5 Å². The number of phenolic OH excluding ortho intramolecular Hbond substituents is 1. The number of aliphatic hydroxyl groups is 4. The first kappa shape index (κ1) is 30.8. The van der Waals surface area contributed by atoms with E-state index in [2.05, 4.69) is 0 Å². The molecule has 11 heteroatoms. The van der Waals surface area contributed by atoms with Crippen molar-refractivity contribution in [3.05, 3.63) is 70.8 Å². The molecule has 0 aromatic heterocycles. The molecule has 226 valence electrons. The fourth-order valence-corrected chi connectivity index (χ4v) is 4.98. The maximum atomic E-state index is 11.0. The molecule has 0 saturated heterocycles. The Morgan fingerprint density at radius 2 is 1.52 bits per heavy atom. The lowest BCUT2D eigenvalue weighted by Gasteiger charge is -2.26. The fraction of sp³-hybridized carbons (Fsp3) is 0.355. The molecule has 4 rings (SSSR count). The lowest BCUT2D eigenvalue weighted by Crippen LogP contribution is -2.29. The van der Waals surface area contributed by atoms with Gasteiger partial charge in [-0.1, -0.05) is 18.2 Å². The van der Waals surface area contributed by atoms with Crippen LogP contribution in [0.15, 0.2) is 48.5 Å². The summed E-state index contributed by atoms with van der Waals surface area (Å²) in [6.07, 6.45) is 0.275. The highest BCUT2D eigenvalue weighted by atomic mass is 16.6. The summed E-state index contributed by atoms with van der Waals surface area (Å²) in [5, 5.41) is 50.6. The Balaban J connectivity index is 1.69. The smallest absolute Gasteiger partial charge is 0.204 e. The molecule has 1 aliphatic rings. The number of phenols is 1. The van der Waals surface area contributed by atoms with E-state index in [0.717, 1.165) is 11.1 Å². The summed E-state index contributed by atoms with van der Waals surface area (Å²) in [6, 6.07) is 11.3. The number of hydrogen-bond donors (Lipinski definition) is 5. The highest BCUT2D eigenvalue weighted by Crippen LogP contribution is 2.53. The molecule has 11 nitrogen and oxygen atoms in total. The number of aromatic hydroxyl groups is 1. The van der Waals surface area contributed by atoms with Gasteiger partial charge in [0.25, 0.3) is 0 Å². The first-order valence-electron chi connectivity index (χ1n) is 13.2. The number of benzene rings is 3. The minimum Gasteiger partial charge on any atom is -0.504 e. The number of fused-ring (bicyclic) bond motifs is 1. The van der Waals surface area contributed by atoms with E-state index in [4.69, 9.17) is 28.4 Å². The molecule has 3 aromatic carbocycles. The zero-order valence-electron chi connectivity index (χ0n) is 23.8. The third-order valence-corrected chi connectivity index (χ3v) is 7.11. The molecule has 0 amide bonds. The summed E-state index contributed by atoms with van der Waals surface area (Å²) >= 11 is 0. The maximum absolute atomic E-state index is 11.0. The van der Waals surface area contributed by atoms with Gasteiger partial charge in [0.1, 0.15) is 12.2 Å². The zero-order chi connectivity index (χ0) is 30.4. The molecule has 0 fully saturated rings. The van der Waals surface area contributed by atoms with Crippen molar-refractivity contribution in [2.75, 3.05) is 48.3 Å². The summed E-state index contributed by atoms with van der Waals surface area (Å²) in [4.78, 5) is 0. The third kappa shape index (κ3) is 6.04. The number of ether oxygens (including phenoxy) is 6. The minimum absolute atomic E-state index is 0.0956. The highest BCUT2D eigenvalue weighted by molar-refractivity contribution is 5.63. The van der Waals surface area contributed by atoms with Crippen LogP contribution < -0.4 is 28.4 Å². The van der Waals surface area contributed by atoms with Crippen molar-refractivity contribution in [1.29, 1.82) is 0 Å². The molecule has 0 bridgehead atoms. The molecular formula is C31H36O11. The van der Waals surface area contributed by atoms with Gasteiger partial charge in [-0.15, -0.1) is 0 Å². The quantitative estimate of drug-likeness (QED) is 0.201. The molecule has 0 saturated carbocycles. The monoisotopic (exact) mass is 584 g/mol. The molecule has 0 aliphatic carbocycles. The van der Waals surface area contributed by atoms with E-state index in [1.807, 2.05) is 6.07 Å². The minimum atomic E-state index is -1.30. The second-order valence-corrected chi connectivity index (χ2v) is 9.52. The van der Waals surface area contributed by atoms with Crippen LogP contribution in [-0.2, 0) is 0 Å². The average Bonchev–Trinajstić information content (AvgIpc) is 3.40. The zero-order valence-corrected chi connectivity index (χ0v) is 23.8. The van der Waals surface area contributed by atoms with Crippen molar-refractivity contribution in [2.24, 2.45) is 0 Å². The SMILES string of the molecule is COc1cc([C@H](O)[C@@H](CO)Oc2c(OC)cc([C@H]3Oc4c(OC)cc(/C=C/CO)cc4[C@@H]3CO)cc2OC)ccc1O. The molecule has 0 spiro atoms.